The number of nitrogens with one attached hydrogen (secondary N) is 1. The van der Waals surface area contributed by atoms with E-state index in [1.807, 2.05) is 0 Å². The van der Waals surface area contributed by atoms with Crippen molar-refractivity contribution < 1.29 is 32.2 Å². The van der Waals surface area contributed by atoms with Gasteiger partial charge in [-0.25, -0.2) is 19.7 Å². The summed E-state index contributed by atoms with van der Waals surface area (Å²) in [5.41, 5.74) is -0.497. The van der Waals surface area contributed by atoms with Gasteiger partial charge in [-0.05, 0) is 37.1 Å². The van der Waals surface area contributed by atoms with Gasteiger partial charge in [-0.2, -0.15) is 13.2 Å². The van der Waals surface area contributed by atoms with Crippen LogP contribution in [0.3, 0.4) is 0 Å². The number of halogens is 3. The molecule has 0 aliphatic carbocycles. The summed E-state index contributed by atoms with van der Waals surface area (Å²) in [6.07, 6.45) is -4.10. The van der Waals surface area contributed by atoms with Gasteiger partial charge in [0, 0.05) is 0 Å². The summed E-state index contributed by atoms with van der Waals surface area (Å²) in [6, 6.07) is 3.45. The molecule has 1 saturated heterocycles. The number of ether oxygens (including phenoxy) is 2. The van der Waals surface area contributed by atoms with Gasteiger partial charge in [0.15, 0.2) is 6.10 Å². The van der Waals surface area contributed by atoms with Gasteiger partial charge in [0.05, 0.1) is 24.7 Å². The summed E-state index contributed by atoms with van der Waals surface area (Å²) in [5, 5.41) is 2.53. The number of hydrogen-bond donors (Lipinski definition) is 1. The lowest BCUT2D eigenvalue weighted by atomic mass is 10.0. The molecule has 29 heavy (non-hydrogen) atoms. The van der Waals surface area contributed by atoms with Crippen LogP contribution in [0.25, 0.3) is 0 Å². The standard InChI is InChI=1S/C18H15F3N4O4/c1-17(2)14(26)25(16(27)24-17)10-6-22-15(23-7-10)29-11-4-3-9-8-28-13(12(9)5-11)18(19,20)21/h3-7,13H,8H2,1-2H3,(H,24,27). The second-order valence-corrected chi connectivity index (χ2v) is 7.11. The number of urea groups is 1. The second kappa shape index (κ2) is 6.41. The molecule has 3 amide bonds. The van der Waals surface area contributed by atoms with Crippen LogP contribution >= 0.6 is 0 Å². The maximum Gasteiger partial charge on any atom is 0.418 e. The highest BCUT2D eigenvalue weighted by Crippen LogP contribution is 2.43. The maximum absolute atomic E-state index is 13.1. The van der Waals surface area contributed by atoms with Crippen LogP contribution in [0.5, 0.6) is 11.8 Å². The zero-order valence-corrected chi connectivity index (χ0v) is 15.3. The molecule has 3 heterocycles. The van der Waals surface area contributed by atoms with Gasteiger partial charge in [0.25, 0.3) is 5.91 Å². The Labute approximate surface area is 162 Å². The Morgan fingerprint density at radius 1 is 1.24 bits per heavy atom. The van der Waals surface area contributed by atoms with E-state index in [0.717, 1.165) is 4.90 Å². The molecule has 152 valence electrons. The Morgan fingerprint density at radius 2 is 1.93 bits per heavy atom. The lowest BCUT2D eigenvalue weighted by Gasteiger charge is -2.16. The van der Waals surface area contributed by atoms with Crippen molar-refractivity contribution in [2.45, 2.75) is 38.3 Å². The van der Waals surface area contributed by atoms with Crippen LogP contribution in [0.4, 0.5) is 23.7 Å². The predicted octanol–water partition coefficient (Wildman–Crippen LogP) is 3.24. The fraction of sp³-hybridized carbons (Fsp3) is 0.333. The van der Waals surface area contributed by atoms with Crippen molar-refractivity contribution in [3.05, 3.63) is 41.7 Å². The summed E-state index contributed by atoms with van der Waals surface area (Å²) in [6.45, 7) is 3.00. The molecule has 4 rings (SSSR count). The van der Waals surface area contributed by atoms with Crippen molar-refractivity contribution in [3.63, 3.8) is 0 Å². The van der Waals surface area contributed by atoms with Crippen LogP contribution in [-0.2, 0) is 16.1 Å². The number of hydrogen-bond acceptors (Lipinski definition) is 6. The molecular formula is C18H15F3N4O4. The topological polar surface area (TPSA) is 93.7 Å². The molecule has 1 fully saturated rings. The van der Waals surface area contributed by atoms with E-state index < -0.39 is 29.8 Å². The quantitative estimate of drug-likeness (QED) is 0.784. The molecule has 1 N–H and O–H groups in total. The number of carbonyl (C=O) groups excluding carboxylic acids is 2. The highest BCUT2D eigenvalue weighted by Gasteiger charge is 2.46. The van der Waals surface area contributed by atoms with Crippen molar-refractivity contribution in [1.29, 1.82) is 0 Å². The molecular weight excluding hydrogens is 393 g/mol. The molecule has 2 aliphatic rings. The van der Waals surface area contributed by atoms with E-state index in [9.17, 15) is 22.8 Å². The summed E-state index contributed by atoms with van der Waals surface area (Å²) in [4.78, 5) is 33.1. The molecule has 1 unspecified atom stereocenters. The van der Waals surface area contributed by atoms with Crippen molar-refractivity contribution in [1.82, 2.24) is 15.3 Å². The van der Waals surface area contributed by atoms with Crippen molar-refractivity contribution in [2.75, 3.05) is 4.90 Å². The Balaban J connectivity index is 1.53. The summed E-state index contributed by atoms with van der Waals surface area (Å²) < 4.78 is 49.4. The number of alkyl halides is 3. The van der Waals surface area contributed by atoms with Gasteiger partial charge in [-0.15, -0.1) is 0 Å². The van der Waals surface area contributed by atoms with Crippen LogP contribution in [-0.4, -0.2) is 33.6 Å². The van der Waals surface area contributed by atoms with Crippen molar-refractivity contribution in [2.24, 2.45) is 0 Å². The minimum atomic E-state index is -4.53. The monoisotopic (exact) mass is 408 g/mol. The minimum absolute atomic E-state index is 0.0202. The first-order valence-electron chi connectivity index (χ1n) is 8.54. The molecule has 1 atom stereocenters. The SMILES string of the molecule is CC1(C)NC(=O)N(c2cnc(Oc3ccc4c(c3)C(C(F)(F)F)OC4)nc2)C1=O. The third-order valence-corrected chi connectivity index (χ3v) is 4.54. The Kier molecular flexibility index (Phi) is 4.23. The summed E-state index contributed by atoms with van der Waals surface area (Å²) in [5.74, 6) is -0.357. The molecule has 0 bridgehead atoms. The van der Waals surface area contributed by atoms with E-state index in [1.165, 1.54) is 30.6 Å². The van der Waals surface area contributed by atoms with Gasteiger partial charge in [0.2, 0.25) is 0 Å². The number of aromatic nitrogens is 2. The summed E-state index contributed by atoms with van der Waals surface area (Å²) in [7, 11) is 0. The average Bonchev–Trinajstić information content (AvgIpc) is 3.14. The van der Waals surface area contributed by atoms with Crippen LogP contribution in [0.15, 0.2) is 30.6 Å². The molecule has 1 aromatic heterocycles. The van der Waals surface area contributed by atoms with E-state index in [2.05, 4.69) is 15.3 Å². The van der Waals surface area contributed by atoms with Crippen LogP contribution in [0, 0.1) is 0 Å². The Bertz CT molecular complexity index is 992. The van der Waals surface area contributed by atoms with E-state index in [4.69, 9.17) is 9.47 Å². The number of nitrogens with zero attached hydrogens (tertiary/aromatic N) is 3. The zero-order chi connectivity index (χ0) is 21.0. The number of amides is 3. The smallest absolute Gasteiger partial charge is 0.418 e. The van der Waals surface area contributed by atoms with Gasteiger partial charge < -0.3 is 14.8 Å². The summed E-state index contributed by atoms with van der Waals surface area (Å²) >= 11 is 0. The number of fused-ring (bicyclic) bond motifs is 1. The van der Waals surface area contributed by atoms with Gasteiger partial charge in [0.1, 0.15) is 11.3 Å². The zero-order valence-electron chi connectivity index (χ0n) is 15.3. The first-order valence-corrected chi connectivity index (χ1v) is 8.54. The first-order chi connectivity index (χ1) is 13.6. The van der Waals surface area contributed by atoms with E-state index in [0.29, 0.717) is 5.56 Å². The highest BCUT2D eigenvalue weighted by atomic mass is 19.4. The molecule has 0 saturated carbocycles. The molecule has 0 spiro atoms. The van der Waals surface area contributed by atoms with Crippen LogP contribution in [0.2, 0.25) is 0 Å². The number of imide groups is 1. The fourth-order valence-corrected chi connectivity index (χ4v) is 3.11. The lowest BCUT2D eigenvalue weighted by Crippen LogP contribution is -2.40. The van der Waals surface area contributed by atoms with Crippen molar-refractivity contribution in [3.8, 4) is 11.8 Å². The minimum Gasteiger partial charge on any atom is -0.424 e. The Hall–Kier alpha value is -3.21. The first kappa shape index (κ1) is 19.1. The Morgan fingerprint density at radius 3 is 2.52 bits per heavy atom. The van der Waals surface area contributed by atoms with Gasteiger partial charge in [-0.1, -0.05) is 6.07 Å². The molecule has 11 heteroatoms. The van der Waals surface area contributed by atoms with Crippen LogP contribution in [0.1, 0.15) is 31.1 Å². The average molecular weight is 408 g/mol. The van der Waals surface area contributed by atoms with Crippen molar-refractivity contribution >= 4 is 17.6 Å². The van der Waals surface area contributed by atoms with E-state index in [-0.39, 0.29) is 29.6 Å². The predicted molar refractivity (Wildman–Crippen MR) is 92.2 cm³/mol. The third kappa shape index (κ3) is 3.37. The molecule has 2 aromatic rings. The van der Waals surface area contributed by atoms with Crippen LogP contribution < -0.4 is 15.0 Å². The highest BCUT2D eigenvalue weighted by molar-refractivity contribution is 6.22. The van der Waals surface area contributed by atoms with Gasteiger partial charge >= 0.3 is 18.2 Å². The molecule has 0 radical (unpaired) electrons. The number of rotatable bonds is 3. The molecule has 8 nitrogen and oxygen atoms in total. The number of anilines is 1. The number of benzene rings is 1. The number of carbonyl (C=O) groups is 2. The maximum atomic E-state index is 13.1. The third-order valence-electron chi connectivity index (χ3n) is 4.54. The lowest BCUT2D eigenvalue weighted by molar-refractivity contribution is -0.219. The normalized spacial score (nSPS) is 20.6. The molecule has 2 aliphatic heterocycles. The fourth-order valence-electron chi connectivity index (χ4n) is 3.11. The van der Waals surface area contributed by atoms with E-state index in [1.54, 1.807) is 13.8 Å². The molecule has 1 aromatic carbocycles. The van der Waals surface area contributed by atoms with Gasteiger partial charge in [-0.3, -0.25) is 4.79 Å². The largest absolute Gasteiger partial charge is 0.424 e. The second-order valence-electron chi connectivity index (χ2n) is 7.11. The van der Waals surface area contributed by atoms with E-state index >= 15 is 0 Å².